The maximum atomic E-state index is 10.4. The molecule has 0 atom stereocenters. The highest BCUT2D eigenvalue weighted by Crippen LogP contribution is 2.08. The molecular formula is C15H28FNO3S. The van der Waals surface area contributed by atoms with Gasteiger partial charge in [0, 0.05) is 12.4 Å². The molecule has 0 aliphatic heterocycles. The highest BCUT2D eigenvalue weighted by atomic mass is 32.2. The predicted molar refractivity (Wildman–Crippen MR) is 85.8 cm³/mol. The Labute approximate surface area is 128 Å². The van der Waals surface area contributed by atoms with Crippen LogP contribution in [0.2, 0.25) is 0 Å². The number of hydrogen-bond donors (Lipinski definition) is 1. The van der Waals surface area contributed by atoms with Crippen LogP contribution < -0.4 is 0 Å². The Hall–Kier alpha value is -1.01. The van der Waals surface area contributed by atoms with Crippen LogP contribution in [-0.4, -0.2) is 23.7 Å². The second kappa shape index (κ2) is 15.4. The lowest BCUT2D eigenvalue weighted by atomic mass is 10.1. The van der Waals surface area contributed by atoms with Crippen LogP contribution in [0.3, 0.4) is 0 Å². The van der Waals surface area contributed by atoms with Gasteiger partial charge in [-0.15, -0.1) is 0 Å². The quantitative estimate of drug-likeness (QED) is 0.545. The Kier molecular flexibility index (Phi) is 16.3. The van der Waals surface area contributed by atoms with Crippen molar-refractivity contribution in [1.82, 2.24) is 4.98 Å². The molecule has 0 unspecified atom stereocenters. The van der Waals surface area contributed by atoms with Crippen molar-refractivity contribution in [2.45, 2.75) is 58.3 Å². The van der Waals surface area contributed by atoms with Crippen molar-refractivity contribution in [2.24, 2.45) is 0 Å². The molecule has 0 amide bonds. The Morgan fingerprint density at radius 2 is 1.33 bits per heavy atom. The maximum Gasteiger partial charge on any atom is 0.264 e. The minimum Gasteiger partial charge on any atom is -0.286 e. The van der Waals surface area contributed by atoms with Gasteiger partial charge < -0.3 is 0 Å². The van der Waals surface area contributed by atoms with Gasteiger partial charge in [-0.1, -0.05) is 57.9 Å². The van der Waals surface area contributed by atoms with Gasteiger partial charge in [0.25, 0.3) is 10.1 Å². The summed E-state index contributed by atoms with van der Waals surface area (Å²) in [6.45, 7) is 2.19. The van der Waals surface area contributed by atoms with Crippen molar-refractivity contribution < 1.29 is 17.7 Å². The average molecular weight is 321 g/mol. The molecular weight excluding hydrogens is 293 g/mol. The Morgan fingerprint density at radius 3 is 1.67 bits per heavy atom. The van der Waals surface area contributed by atoms with Crippen LogP contribution in [0.5, 0.6) is 0 Å². The third kappa shape index (κ3) is 21.4. The van der Waals surface area contributed by atoms with E-state index >= 15 is 0 Å². The lowest BCUT2D eigenvalue weighted by Gasteiger charge is -2.00. The molecule has 0 aliphatic carbocycles. The number of hydrogen-bond acceptors (Lipinski definition) is 3. The number of rotatable bonds is 9. The third-order valence-electron chi connectivity index (χ3n) is 2.82. The molecule has 1 rings (SSSR count). The van der Waals surface area contributed by atoms with Gasteiger partial charge in [-0.05, 0) is 18.6 Å². The summed E-state index contributed by atoms with van der Waals surface area (Å²) in [5.74, 6) is -0.0814. The zero-order chi connectivity index (χ0) is 15.1. The number of unbranched alkanes of at least 4 members (excludes halogenated alkanes) is 7. The van der Waals surface area contributed by atoms with E-state index in [1.54, 1.807) is 12.4 Å². The highest BCUT2D eigenvalue weighted by Gasteiger charge is 2.02. The Bertz CT molecular complexity index is 372. The van der Waals surface area contributed by atoms with Crippen molar-refractivity contribution >= 4 is 10.1 Å². The van der Waals surface area contributed by atoms with Gasteiger partial charge in [0.15, 0.2) is 0 Å². The fourth-order valence-corrected chi connectivity index (χ4v) is 2.30. The lowest BCUT2D eigenvalue weighted by Crippen LogP contribution is -2.03. The first-order chi connectivity index (χ1) is 9.56. The molecule has 0 saturated heterocycles. The largest absolute Gasteiger partial charge is 0.286 e. The molecule has 0 saturated carbocycles. The second-order valence-corrected chi connectivity index (χ2v) is 6.36. The molecule has 0 radical (unpaired) electrons. The van der Waals surface area contributed by atoms with Crippen molar-refractivity contribution in [1.29, 1.82) is 0 Å². The van der Waals surface area contributed by atoms with Crippen LogP contribution in [0.4, 0.5) is 4.70 Å². The van der Waals surface area contributed by atoms with Gasteiger partial charge in [-0.2, -0.15) is 8.42 Å². The van der Waals surface area contributed by atoms with Gasteiger partial charge >= 0.3 is 0 Å². The minimum atomic E-state index is -3.73. The van der Waals surface area contributed by atoms with Crippen LogP contribution >= 0.6 is 0 Å². The predicted octanol–water partition coefficient (Wildman–Crippen LogP) is 4.25. The van der Waals surface area contributed by atoms with Gasteiger partial charge in [0.05, 0.1) is 5.75 Å². The second-order valence-electron chi connectivity index (χ2n) is 4.79. The molecule has 0 bridgehead atoms. The lowest BCUT2D eigenvalue weighted by molar-refractivity contribution is 0.478. The first-order valence-electron chi connectivity index (χ1n) is 7.36. The van der Waals surface area contributed by atoms with Crippen molar-refractivity contribution in [3.05, 3.63) is 30.6 Å². The molecule has 0 fully saturated rings. The van der Waals surface area contributed by atoms with Crippen LogP contribution in [0.1, 0.15) is 58.3 Å². The van der Waals surface area contributed by atoms with Gasteiger partial charge in [0.2, 0.25) is 0 Å². The number of nitrogens with zero attached hydrogens (tertiary/aromatic N) is 1. The zero-order valence-electron chi connectivity index (χ0n) is 12.8. The minimum absolute atomic E-state index is 0. The summed E-state index contributed by atoms with van der Waals surface area (Å²) in [6.07, 6.45) is 12.4. The summed E-state index contributed by atoms with van der Waals surface area (Å²) in [7, 11) is -3.73. The van der Waals surface area contributed by atoms with E-state index in [9.17, 15) is 8.42 Å². The summed E-state index contributed by atoms with van der Waals surface area (Å²) < 4.78 is 29.2. The fraction of sp³-hybridized carbons (Fsp3) is 0.667. The summed E-state index contributed by atoms with van der Waals surface area (Å²) in [5, 5.41) is 0. The SMILES string of the molecule is CCCCCCCCCCS(=O)(=O)O.F.c1ccncc1. The van der Waals surface area contributed by atoms with E-state index in [2.05, 4.69) is 11.9 Å². The van der Waals surface area contributed by atoms with Crippen molar-refractivity contribution in [3.8, 4) is 0 Å². The highest BCUT2D eigenvalue weighted by molar-refractivity contribution is 7.85. The maximum absolute atomic E-state index is 10.4. The average Bonchev–Trinajstić information content (AvgIpc) is 2.43. The normalized spacial score (nSPS) is 10.2. The van der Waals surface area contributed by atoms with Crippen molar-refractivity contribution in [2.75, 3.05) is 5.75 Å². The van der Waals surface area contributed by atoms with Crippen LogP contribution in [0.15, 0.2) is 30.6 Å². The molecule has 1 aromatic heterocycles. The molecule has 1 N–H and O–H groups in total. The zero-order valence-corrected chi connectivity index (χ0v) is 13.6. The molecule has 21 heavy (non-hydrogen) atoms. The standard InChI is InChI=1S/C10H22O3S.C5H5N.FH/c1-2-3-4-5-6-7-8-9-10-14(11,12)13;1-2-4-6-5-3-1;/h2-10H2,1H3,(H,11,12,13);1-5H;1H. The van der Waals surface area contributed by atoms with Gasteiger partial charge in [-0.3, -0.25) is 14.2 Å². The number of halogens is 1. The monoisotopic (exact) mass is 321 g/mol. The van der Waals surface area contributed by atoms with Crippen LogP contribution in [0, 0.1) is 0 Å². The summed E-state index contributed by atoms with van der Waals surface area (Å²) in [5.41, 5.74) is 0. The molecule has 1 heterocycles. The van der Waals surface area contributed by atoms with E-state index in [1.807, 2.05) is 18.2 Å². The number of pyridine rings is 1. The summed E-state index contributed by atoms with van der Waals surface area (Å²) in [6, 6.07) is 5.72. The van der Waals surface area contributed by atoms with E-state index in [0.717, 1.165) is 12.8 Å². The molecule has 124 valence electrons. The van der Waals surface area contributed by atoms with Gasteiger partial charge in [0.1, 0.15) is 0 Å². The summed E-state index contributed by atoms with van der Waals surface area (Å²) >= 11 is 0. The van der Waals surface area contributed by atoms with Crippen LogP contribution in [0.25, 0.3) is 0 Å². The Balaban J connectivity index is 0. The van der Waals surface area contributed by atoms with Crippen LogP contribution in [-0.2, 0) is 10.1 Å². The first kappa shape index (κ1) is 22.3. The third-order valence-corrected chi connectivity index (χ3v) is 3.63. The summed E-state index contributed by atoms with van der Waals surface area (Å²) in [4.78, 5) is 3.78. The van der Waals surface area contributed by atoms with E-state index < -0.39 is 10.1 Å². The Morgan fingerprint density at radius 1 is 0.857 bits per heavy atom. The first-order valence-corrected chi connectivity index (χ1v) is 8.97. The van der Waals surface area contributed by atoms with Crippen molar-refractivity contribution in [3.63, 3.8) is 0 Å². The van der Waals surface area contributed by atoms with E-state index in [0.29, 0.717) is 6.42 Å². The fourth-order valence-electron chi connectivity index (χ4n) is 1.73. The van der Waals surface area contributed by atoms with E-state index in [-0.39, 0.29) is 10.5 Å². The molecule has 1 aromatic rings. The van der Waals surface area contributed by atoms with E-state index in [4.69, 9.17) is 4.55 Å². The molecule has 0 aromatic carbocycles. The van der Waals surface area contributed by atoms with E-state index in [1.165, 1.54) is 32.1 Å². The molecule has 6 heteroatoms. The van der Waals surface area contributed by atoms with Gasteiger partial charge in [-0.25, -0.2) is 0 Å². The smallest absolute Gasteiger partial charge is 0.264 e. The molecule has 4 nitrogen and oxygen atoms in total. The molecule has 0 aliphatic rings. The topological polar surface area (TPSA) is 67.3 Å². The molecule has 0 spiro atoms. The number of aromatic nitrogens is 1.